The van der Waals surface area contributed by atoms with Crippen LogP contribution >= 0.6 is 0 Å². The number of hydrogen-bond donors (Lipinski definition) is 3. The highest BCUT2D eigenvalue weighted by Gasteiger charge is 2.20. The second kappa shape index (κ2) is 9.48. The number of nitrogens with zero attached hydrogens (tertiary/aromatic N) is 1. The molecule has 0 aromatic heterocycles. The maximum absolute atomic E-state index is 11.8. The molecule has 0 aromatic rings. The Kier molecular flexibility index (Phi) is 7.63. The summed E-state index contributed by atoms with van der Waals surface area (Å²) in [6, 6.07) is 0.436. The van der Waals surface area contributed by atoms with Crippen molar-refractivity contribution in [1.29, 1.82) is 0 Å². The summed E-state index contributed by atoms with van der Waals surface area (Å²) in [5.41, 5.74) is 0. The van der Waals surface area contributed by atoms with E-state index in [4.69, 9.17) is 0 Å². The largest absolute Gasteiger partial charge is 0.392 e. The van der Waals surface area contributed by atoms with E-state index in [2.05, 4.69) is 15.5 Å². The minimum Gasteiger partial charge on any atom is -0.392 e. The lowest BCUT2D eigenvalue weighted by molar-refractivity contribution is -0.121. The van der Waals surface area contributed by atoms with Gasteiger partial charge in [-0.15, -0.1) is 0 Å². The third-order valence-electron chi connectivity index (χ3n) is 4.91. The zero-order valence-corrected chi connectivity index (χ0v) is 14.0. The molecular formula is C17H33N3O2. The van der Waals surface area contributed by atoms with Crippen molar-refractivity contribution in [1.82, 2.24) is 15.5 Å². The van der Waals surface area contributed by atoms with Crippen LogP contribution in [0.1, 0.15) is 51.9 Å². The second-order valence-corrected chi connectivity index (χ2v) is 7.10. The molecule has 1 saturated heterocycles. The molecule has 1 aliphatic carbocycles. The van der Waals surface area contributed by atoms with Crippen molar-refractivity contribution < 1.29 is 9.90 Å². The summed E-state index contributed by atoms with van der Waals surface area (Å²) in [7, 11) is 0. The highest BCUT2D eigenvalue weighted by atomic mass is 16.3. The third kappa shape index (κ3) is 6.63. The van der Waals surface area contributed by atoms with Gasteiger partial charge in [0.15, 0.2) is 0 Å². The topological polar surface area (TPSA) is 64.6 Å². The number of aliphatic hydroxyl groups is 1. The fourth-order valence-corrected chi connectivity index (χ4v) is 3.62. The van der Waals surface area contributed by atoms with E-state index < -0.39 is 0 Å². The molecule has 0 aromatic carbocycles. The first-order valence-electron chi connectivity index (χ1n) is 9.04. The summed E-state index contributed by atoms with van der Waals surface area (Å²) >= 11 is 0. The molecule has 2 aliphatic rings. The number of aliphatic hydroxyl groups excluding tert-OH is 1. The Balaban J connectivity index is 1.48. The van der Waals surface area contributed by atoms with Crippen molar-refractivity contribution in [3.8, 4) is 0 Å². The van der Waals surface area contributed by atoms with Gasteiger partial charge in [-0.1, -0.05) is 12.8 Å². The summed E-state index contributed by atoms with van der Waals surface area (Å²) in [6.45, 7) is 6.61. The van der Waals surface area contributed by atoms with Crippen molar-refractivity contribution >= 4 is 5.91 Å². The molecule has 1 aliphatic heterocycles. The number of carbonyl (C=O) groups excluding carboxylic acids is 1. The Morgan fingerprint density at radius 1 is 1.23 bits per heavy atom. The lowest BCUT2D eigenvalue weighted by atomic mass is 9.96. The van der Waals surface area contributed by atoms with E-state index in [1.807, 2.05) is 6.92 Å². The molecule has 0 spiro atoms. The van der Waals surface area contributed by atoms with E-state index in [-0.39, 0.29) is 12.0 Å². The fourth-order valence-electron chi connectivity index (χ4n) is 3.62. The average Bonchev–Trinajstić information content (AvgIpc) is 2.97. The first kappa shape index (κ1) is 17.7. The quantitative estimate of drug-likeness (QED) is 0.588. The zero-order valence-electron chi connectivity index (χ0n) is 14.0. The number of piperidine rings is 1. The van der Waals surface area contributed by atoms with Crippen molar-refractivity contribution in [3.63, 3.8) is 0 Å². The molecular weight excluding hydrogens is 278 g/mol. The van der Waals surface area contributed by atoms with Gasteiger partial charge in [-0.05, 0) is 58.2 Å². The smallest absolute Gasteiger partial charge is 0.221 e. The van der Waals surface area contributed by atoms with Gasteiger partial charge in [0.1, 0.15) is 0 Å². The van der Waals surface area contributed by atoms with Gasteiger partial charge in [-0.3, -0.25) is 4.79 Å². The molecule has 1 atom stereocenters. The van der Waals surface area contributed by atoms with Crippen LogP contribution in [-0.2, 0) is 4.79 Å². The molecule has 22 heavy (non-hydrogen) atoms. The highest BCUT2D eigenvalue weighted by molar-refractivity contribution is 5.76. The molecule has 1 saturated carbocycles. The van der Waals surface area contributed by atoms with Crippen LogP contribution in [-0.4, -0.2) is 60.8 Å². The molecule has 0 radical (unpaired) electrons. The van der Waals surface area contributed by atoms with Crippen molar-refractivity contribution in [2.24, 2.45) is 5.92 Å². The van der Waals surface area contributed by atoms with Gasteiger partial charge < -0.3 is 20.6 Å². The summed E-state index contributed by atoms with van der Waals surface area (Å²) < 4.78 is 0. The number of carbonyl (C=O) groups is 1. The molecule has 128 valence electrons. The molecule has 5 heteroatoms. The summed E-state index contributed by atoms with van der Waals surface area (Å²) in [4.78, 5) is 14.2. The lowest BCUT2D eigenvalue weighted by Gasteiger charge is -2.32. The van der Waals surface area contributed by atoms with Crippen LogP contribution in [0, 0.1) is 5.92 Å². The van der Waals surface area contributed by atoms with Crippen LogP contribution in [0.3, 0.4) is 0 Å². The van der Waals surface area contributed by atoms with Gasteiger partial charge in [0.05, 0.1) is 6.10 Å². The fraction of sp³-hybridized carbons (Fsp3) is 0.941. The molecule has 2 fully saturated rings. The van der Waals surface area contributed by atoms with E-state index in [9.17, 15) is 9.90 Å². The molecule has 2 rings (SSSR count). The summed E-state index contributed by atoms with van der Waals surface area (Å²) in [5, 5.41) is 16.0. The van der Waals surface area contributed by atoms with Gasteiger partial charge >= 0.3 is 0 Å². The monoisotopic (exact) mass is 311 g/mol. The minimum absolute atomic E-state index is 0.200. The number of nitrogens with one attached hydrogen (secondary N) is 2. The van der Waals surface area contributed by atoms with Crippen molar-refractivity contribution in [3.05, 3.63) is 0 Å². The normalized spacial score (nSPS) is 22.8. The second-order valence-electron chi connectivity index (χ2n) is 7.10. The van der Waals surface area contributed by atoms with Gasteiger partial charge in [-0.2, -0.15) is 0 Å². The van der Waals surface area contributed by atoms with E-state index >= 15 is 0 Å². The first-order chi connectivity index (χ1) is 10.6. The molecule has 3 N–H and O–H groups in total. The Morgan fingerprint density at radius 3 is 2.55 bits per heavy atom. The number of β-amino-alcohol motifs (C(OH)–C–C–N with tert-alkyl or cyclic N) is 1. The van der Waals surface area contributed by atoms with E-state index in [0.717, 1.165) is 45.6 Å². The zero-order chi connectivity index (χ0) is 15.8. The average molecular weight is 311 g/mol. The van der Waals surface area contributed by atoms with E-state index in [1.54, 1.807) is 0 Å². The number of likely N-dealkylation sites (tertiary alicyclic amines) is 1. The van der Waals surface area contributed by atoms with Crippen LogP contribution in [0.5, 0.6) is 0 Å². The number of rotatable bonds is 8. The van der Waals surface area contributed by atoms with Crippen LogP contribution in [0.15, 0.2) is 0 Å². The molecule has 1 heterocycles. The van der Waals surface area contributed by atoms with E-state index in [1.165, 1.54) is 25.7 Å². The van der Waals surface area contributed by atoms with Crippen LogP contribution in [0.2, 0.25) is 0 Å². The Morgan fingerprint density at radius 2 is 1.91 bits per heavy atom. The molecule has 1 unspecified atom stereocenters. The lowest BCUT2D eigenvalue weighted by Crippen LogP contribution is -2.41. The van der Waals surface area contributed by atoms with E-state index in [0.29, 0.717) is 18.4 Å². The number of amides is 1. The van der Waals surface area contributed by atoms with Gasteiger partial charge in [0.25, 0.3) is 0 Å². The van der Waals surface area contributed by atoms with Crippen LogP contribution in [0.25, 0.3) is 0 Å². The first-order valence-corrected chi connectivity index (χ1v) is 9.04. The standard InChI is InChI=1S/C17H33N3O2/c1-14(21)13-20-10-7-15(8-11-20)12-18-9-6-17(22)19-16-4-2-3-5-16/h14-16,18,21H,2-13H2,1H3,(H,19,22). The predicted molar refractivity (Wildman–Crippen MR) is 88.7 cm³/mol. The Hall–Kier alpha value is -0.650. The summed E-state index contributed by atoms with van der Waals surface area (Å²) in [5.74, 6) is 0.911. The minimum atomic E-state index is -0.229. The maximum atomic E-state index is 11.8. The highest BCUT2D eigenvalue weighted by Crippen LogP contribution is 2.18. The molecule has 1 amide bonds. The van der Waals surface area contributed by atoms with Gasteiger partial charge in [0.2, 0.25) is 5.91 Å². The van der Waals surface area contributed by atoms with Gasteiger partial charge in [-0.25, -0.2) is 0 Å². The molecule has 0 bridgehead atoms. The SMILES string of the molecule is CC(O)CN1CCC(CNCCC(=O)NC2CCCC2)CC1. The number of hydrogen-bond acceptors (Lipinski definition) is 4. The summed E-state index contributed by atoms with van der Waals surface area (Å²) in [6.07, 6.45) is 7.58. The van der Waals surface area contributed by atoms with Gasteiger partial charge in [0, 0.05) is 25.6 Å². The van der Waals surface area contributed by atoms with Crippen LogP contribution < -0.4 is 10.6 Å². The maximum Gasteiger partial charge on any atom is 0.221 e. The predicted octanol–water partition coefficient (Wildman–Crippen LogP) is 1.12. The van der Waals surface area contributed by atoms with Crippen molar-refractivity contribution in [2.75, 3.05) is 32.7 Å². The Labute approximate surface area is 134 Å². The van der Waals surface area contributed by atoms with Crippen LogP contribution in [0.4, 0.5) is 0 Å². The Bertz CT molecular complexity index is 322. The molecule has 5 nitrogen and oxygen atoms in total. The third-order valence-corrected chi connectivity index (χ3v) is 4.91. The van der Waals surface area contributed by atoms with Crippen molar-refractivity contribution in [2.45, 2.75) is 64.0 Å².